The number of rotatable bonds is 6. The van der Waals surface area contributed by atoms with Crippen molar-refractivity contribution in [2.45, 2.75) is 25.8 Å². The Labute approximate surface area is 102 Å². The van der Waals surface area contributed by atoms with Crippen molar-refractivity contribution in [2.75, 3.05) is 13.7 Å². The van der Waals surface area contributed by atoms with Gasteiger partial charge < -0.3 is 10.5 Å². The molecule has 0 radical (unpaired) electrons. The summed E-state index contributed by atoms with van der Waals surface area (Å²) in [4.78, 5) is 11.6. The lowest BCUT2D eigenvalue weighted by molar-refractivity contribution is -0.124. The van der Waals surface area contributed by atoms with Crippen LogP contribution in [0.5, 0.6) is 5.75 Å². The number of carbonyl (C=O) groups is 1. The highest BCUT2D eigenvalue weighted by molar-refractivity contribution is 5.85. The average Bonchev–Trinajstić information content (AvgIpc) is 2.35. The molecule has 1 aromatic rings. The minimum absolute atomic E-state index is 0.390. The average molecular weight is 236 g/mol. The van der Waals surface area contributed by atoms with E-state index in [4.69, 9.17) is 10.5 Å². The molecule has 0 saturated carbocycles. The van der Waals surface area contributed by atoms with Gasteiger partial charge in [0.05, 0.1) is 7.11 Å². The fourth-order valence-corrected chi connectivity index (χ4v) is 1.64. The molecule has 1 unspecified atom stereocenters. The van der Waals surface area contributed by atoms with E-state index in [0.717, 1.165) is 18.5 Å². The van der Waals surface area contributed by atoms with Crippen molar-refractivity contribution in [3.8, 4) is 5.75 Å². The van der Waals surface area contributed by atoms with Crippen molar-refractivity contribution in [2.24, 2.45) is 5.73 Å². The molecule has 1 aromatic carbocycles. The highest BCUT2D eigenvalue weighted by atomic mass is 16.5. The topological polar surface area (TPSA) is 64.3 Å². The predicted molar refractivity (Wildman–Crippen MR) is 67.8 cm³/mol. The van der Waals surface area contributed by atoms with Crippen molar-refractivity contribution < 1.29 is 9.53 Å². The minimum atomic E-state index is -0.857. The maximum atomic E-state index is 11.6. The number of nitrogens with two attached hydrogens (primary N) is 1. The summed E-state index contributed by atoms with van der Waals surface area (Å²) < 4.78 is 5.15. The van der Waals surface area contributed by atoms with Gasteiger partial charge >= 0.3 is 0 Å². The molecule has 0 aliphatic rings. The zero-order valence-electron chi connectivity index (χ0n) is 10.6. The summed E-state index contributed by atoms with van der Waals surface area (Å²) in [7, 11) is 1.60. The van der Waals surface area contributed by atoms with Crippen LogP contribution in [-0.2, 0) is 10.3 Å². The van der Waals surface area contributed by atoms with E-state index in [-0.39, 0.29) is 5.91 Å². The van der Waals surface area contributed by atoms with Crippen LogP contribution in [0.2, 0.25) is 0 Å². The number of amides is 1. The molecule has 0 aliphatic heterocycles. The third kappa shape index (κ3) is 2.97. The smallest absolute Gasteiger partial charge is 0.242 e. The summed E-state index contributed by atoms with van der Waals surface area (Å²) in [5, 5.41) is 3.18. The van der Waals surface area contributed by atoms with E-state index < -0.39 is 5.54 Å². The largest absolute Gasteiger partial charge is 0.497 e. The lowest BCUT2D eigenvalue weighted by Crippen LogP contribution is -2.50. The quantitative estimate of drug-likeness (QED) is 0.784. The molecule has 0 spiro atoms. The molecule has 0 fully saturated rings. The minimum Gasteiger partial charge on any atom is -0.497 e. The van der Waals surface area contributed by atoms with Crippen molar-refractivity contribution in [3.05, 3.63) is 29.8 Å². The van der Waals surface area contributed by atoms with Crippen LogP contribution >= 0.6 is 0 Å². The Bertz CT molecular complexity index is 393. The highest BCUT2D eigenvalue weighted by Gasteiger charge is 2.32. The summed E-state index contributed by atoms with van der Waals surface area (Å²) in [5.41, 5.74) is 5.45. The molecular formula is C13H20N2O2. The first-order valence-electron chi connectivity index (χ1n) is 5.74. The fraction of sp³-hybridized carbons (Fsp3) is 0.462. The molecule has 1 atom stereocenters. The standard InChI is InChI=1S/C13H20N2O2/c1-4-8-15-13(2,12(14)16)10-6-5-7-11(9-10)17-3/h5-7,9,15H,4,8H2,1-3H3,(H2,14,16). The van der Waals surface area contributed by atoms with Gasteiger partial charge in [-0.05, 0) is 37.6 Å². The number of nitrogens with one attached hydrogen (secondary N) is 1. The van der Waals surface area contributed by atoms with Gasteiger partial charge in [0.1, 0.15) is 11.3 Å². The molecule has 0 aliphatic carbocycles. The molecule has 0 bridgehead atoms. The van der Waals surface area contributed by atoms with Gasteiger partial charge in [-0.2, -0.15) is 0 Å². The highest BCUT2D eigenvalue weighted by Crippen LogP contribution is 2.24. The fourth-order valence-electron chi connectivity index (χ4n) is 1.64. The van der Waals surface area contributed by atoms with Crippen LogP contribution in [0.4, 0.5) is 0 Å². The van der Waals surface area contributed by atoms with Gasteiger partial charge in [-0.15, -0.1) is 0 Å². The molecule has 1 amide bonds. The van der Waals surface area contributed by atoms with Gasteiger partial charge in [-0.25, -0.2) is 0 Å². The number of hydrogen-bond donors (Lipinski definition) is 2. The lowest BCUT2D eigenvalue weighted by Gasteiger charge is -2.28. The molecule has 1 rings (SSSR count). The van der Waals surface area contributed by atoms with E-state index in [2.05, 4.69) is 5.32 Å². The zero-order chi connectivity index (χ0) is 12.9. The van der Waals surface area contributed by atoms with Crippen molar-refractivity contribution >= 4 is 5.91 Å². The third-order valence-corrected chi connectivity index (χ3v) is 2.87. The van der Waals surface area contributed by atoms with Crippen molar-refractivity contribution in [3.63, 3.8) is 0 Å². The van der Waals surface area contributed by atoms with Gasteiger partial charge in [0, 0.05) is 0 Å². The van der Waals surface area contributed by atoms with E-state index in [9.17, 15) is 4.79 Å². The van der Waals surface area contributed by atoms with Gasteiger partial charge in [0.25, 0.3) is 0 Å². The van der Waals surface area contributed by atoms with Crippen LogP contribution in [0.3, 0.4) is 0 Å². The van der Waals surface area contributed by atoms with Gasteiger partial charge in [0.2, 0.25) is 5.91 Å². The summed E-state index contributed by atoms with van der Waals surface area (Å²) in [6.45, 7) is 4.57. The maximum Gasteiger partial charge on any atom is 0.242 e. The second-order valence-electron chi connectivity index (χ2n) is 4.15. The molecule has 17 heavy (non-hydrogen) atoms. The van der Waals surface area contributed by atoms with Crippen LogP contribution in [0.25, 0.3) is 0 Å². The number of ether oxygens (including phenoxy) is 1. The first-order valence-corrected chi connectivity index (χ1v) is 5.74. The summed E-state index contributed by atoms with van der Waals surface area (Å²) in [6, 6.07) is 7.39. The number of primary amides is 1. The third-order valence-electron chi connectivity index (χ3n) is 2.87. The van der Waals surface area contributed by atoms with Crippen LogP contribution in [0.15, 0.2) is 24.3 Å². The van der Waals surface area contributed by atoms with E-state index in [1.54, 1.807) is 14.0 Å². The Morgan fingerprint density at radius 2 is 2.24 bits per heavy atom. The van der Waals surface area contributed by atoms with E-state index in [1.165, 1.54) is 0 Å². The van der Waals surface area contributed by atoms with Crippen LogP contribution in [0, 0.1) is 0 Å². The molecule has 3 N–H and O–H groups in total. The number of benzene rings is 1. The Balaban J connectivity index is 3.08. The molecule has 4 nitrogen and oxygen atoms in total. The first-order chi connectivity index (χ1) is 8.04. The number of hydrogen-bond acceptors (Lipinski definition) is 3. The van der Waals surface area contributed by atoms with Crippen molar-refractivity contribution in [1.29, 1.82) is 0 Å². The van der Waals surface area contributed by atoms with Gasteiger partial charge in [-0.1, -0.05) is 19.1 Å². The molecule has 94 valence electrons. The molecule has 4 heteroatoms. The Hall–Kier alpha value is -1.55. The van der Waals surface area contributed by atoms with E-state index >= 15 is 0 Å². The SMILES string of the molecule is CCCNC(C)(C(N)=O)c1cccc(OC)c1. The Morgan fingerprint density at radius 1 is 1.53 bits per heavy atom. The summed E-state index contributed by atoms with van der Waals surface area (Å²) in [5.74, 6) is 0.326. The zero-order valence-corrected chi connectivity index (χ0v) is 10.6. The summed E-state index contributed by atoms with van der Waals surface area (Å²) in [6.07, 6.45) is 0.937. The maximum absolute atomic E-state index is 11.6. The second kappa shape index (κ2) is 5.68. The van der Waals surface area contributed by atoms with Gasteiger partial charge in [0.15, 0.2) is 0 Å². The number of methoxy groups -OCH3 is 1. The molecular weight excluding hydrogens is 216 g/mol. The van der Waals surface area contributed by atoms with Gasteiger partial charge in [-0.3, -0.25) is 10.1 Å². The second-order valence-corrected chi connectivity index (χ2v) is 4.15. The monoisotopic (exact) mass is 236 g/mol. The molecule has 0 heterocycles. The van der Waals surface area contributed by atoms with E-state index in [1.807, 2.05) is 31.2 Å². The first kappa shape index (κ1) is 13.5. The van der Waals surface area contributed by atoms with Crippen LogP contribution in [0.1, 0.15) is 25.8 Å². The Morgan fingerprint density at radius 3 is 2.76 bits per heavy atom. The predicted octanol–water partition coefficient (Wildman–Crippen LogP) is 1.40. The van der Waals surface area contributed by atoms with Crippen LogP contribution in [-0.4, -0.2) is 19.6 Å². The van der Waals surface area contributed by atoms with Crippen LogP contribution < -0.4 is 15.8 Å². The number of carbonyl (C=O) groups excluding carboxylic acids is 1. The normalized spacial score (nSPS) is 14.1. The molecule has 0 aromatic heterocycles. The lowest BCUT2D eigenvalue weighted by atomic mass is 9.91. The molecule has 0 saturated heterocycles. The summed E-state index contributed by atoms with van der Waals surface area (Å²) >= 11 is 0. The van der Waals surface area contributed by atoms with E-state index in [0.29, 0.717) is 5.75 Å². The van der Waals surface area contributed by atoms with Crippen molar-refractivity contribution in [1.82, 2.24) is 5.32 Å². The Kier molecular flexibility index (Phi) is 4.52.